The summed E-state index contributed by atoms with van der Waals surface area (Å²) in [5.74, 6) is -0.525. The fourth-order valence-corrected chi connectivity index (χ4v) is 3.16. The zero-order chi connectivity index (χ0) is 19.8. The van der Waals surface area contributed by atoms with Crippen LogP contribution in [0.15, 0.2) is 59.5 Å². The van der Waals surface area contributed by atoms with Crippen molar-refractivity contribution in [2.24, 2.45) is 0 Å². The van der Waals surface area contributed by atoms with Gasteiger partial charge in [0.1, 0.15) is 5.82 Å². The summed E-state index contributed by atoms with van der Waals surface area (Å²) in [6, 6.07) is 11.0. The van der Waals surface area contributed by atoms with Crippen LogP contribution >= 0.6 is 0 Å². The normalized spacial score (nSPS) is 12.3. The number of rotatable bonds is 4. The Hall–Kier alpha value is -2.72. The molecule has 0 radical (unpaired) electrons. The van der Waals surface area contributed by atoms with Crippen molar-refractivity contribution in [3.63, 3.8) is 0 Å². The fraction of sp³-hybridized carbons (Fsp3) is 0.118. The number of nitrogens with zero attached hydrogens (tertiary/aromatic N) is 2. The molecule has 0 aliphatic heterocycles. The molecule has 2 aromatic carbocycles. The Morgan fingerprint density at radius 1 is 1.00 bits per heavy atom. The van der Waals surface area contributed by atoms with Gasteiger partial charge < -0.3 is 0 Å². The highest BCUT2D eigenvalue weighted by Gasteiger charge is 2.35. The molecule has 0 unspecified atom stereocenters. The van der Waals surface area contributed by atoms with Gasteiger partial charge in [-0.05, 0) is 61.6 Å². The highest BCUT2D eigenvalue weighted by atomic mass is 32.2. The quantitative estimate of drug-likeness (QED) is 0.682. The van der Waals surface area contributed by atoms with Gasteiger partial charge in [-0.1, -0.05) is 0 Å². The molecule has 0 bridgehead atoms. The van der Waals surface area contributed by atoms with Crippen LogP contribution < -0.4 is 4.72 Å². The second-order valence-corrected chi connectivity index (χ2v) is 7.42. The minimum absolute atomic E-state index is 0.0414. The van der Waals surface area contributed by atoms with E-state index in [1.54, 1.807) is 0 Å². The topological polar surface area (TPSA) is 64.0 Å². The zero-order valence-corrected chi connectivity index (χ0v) is 14.6. The number of aromatic nitrogens is 2. The summed E-state index contributed by atoms with van der Waals surface area (Å²) in [7, 11) is -2.43. The van der Waals surface area contributed by atoms with E-state index in [2.05, 4.69) is 9.82 Å². The van der Waals surface area contributed by atoms with Crippen molar-refractivity contribution in [1.29, 1.82) is 0 Å². The zero-order valence-electron chi connectivity index (χ0n) is 13.8. The molecular weight excluding hydrogens is 386 g/mol. The fourth-order valence-electron chi connectivity index (χ4n) is 2.43. The lowest BCUT2D eigenvalue weighted by molar-refractivity contribution is -0.141. The minimum Gasteiger partial charge on any atom is -0.233 e. The molecule has 1 N–H and O–H groups in total. The van der Waals surface area contributed by atoms with Crippen molar-refractivity contribution in [2.75, 3.05) is 7.05 Å². The predicted octanol–water partition coefficient (Wildman–Crippen LogP) is 3.61. The standard InChI is InChI=1S/C17H13F4N3O2S/c1-22-27(25,26)14-8-6-13(7-9-14)24-15(10-16(23-24)17(19,20)21)11-2-4-12(18)5-3-11/h2-10,22H,1H3. The number of halogens is 4. The van der Waals surface area contributed by atoms with Crippen molar-refractivity contribution < 1.29 is 26.0 Å². The lowest BCUT2D eigenvalue weighted by Gasteiger charge is -2.09. The van der Waals surface area contributed by atoms with Crippen LogP contribution in [0.2, 0.25) is 0 Å². The third-order valence-electron chi connectivity index (χ3n) is 3.80. The van der Waals surface area contributed by atoms with Gasteiger partial charge in [-0.3, -0.25) is 0 Å². The largest absolute Gasteiger partial charge is 0.435 e. The summed E-state index contributed by atoms with van der Waals surface area (Å²) < 4.78 is 79.3. The third-order valence-corrected chi connectivity index (χ3v) is 5.23. The molecule has 3 aromatic rings. The van der Waals surface area contributed by atoms with E-state index in [-0.39, 0.29) is 16.3 Å². The van der Waals surface area contributed by atoms with Gasteiger partial charge in [-0.25, -0.2) is 22.2 Å². The molecule has 0 aliphatic rings. The van der Waals surface area contributed by atoms with Gasteiger partial charge in [0.15, 0.2) is 5.69 Å². The number of nitrogens with one attached hydrogen (secondary N) is 1. The molecule has 10 heteroatoms. The Morgan fingerprint density at radius 2 is 1.59 bits per heavy atom. The minimum atomic E-state index is -4.67. The molecule has 0 spiro atoms. The summed E-state index contributed by atoms with van der Waals surface area (Å²) in [5.41, 5.74) is -0.480. The summed E-state index contributed by atoms with van der Waals surface area (Å²) in [6.07, 6.45) is -4.67. The summed E-state index contributed by atoms with van der Waals surface area (Å²) in [5, 5.41) is 3.60. The Labute approximate surface area is 152 Å². The molecular formula is C17H13F4N3O2S. The third kappa shape index (κ3) is 3.86. The second kappa shape index (κ2) is 6.78. The molecule has 1 heterocycles. The monoisotopic (exact) mass is 399 g/mol. The molecule has 1 aromatic heterocycles. The van der Waals surface area contributed by atoms with Crippen molar-refractivity contribution in [1.82, 2.24) is 14.5 Å². The van der Waals surface area contributed by atoms with Crippen LogP contribution in [-0.4, -0.2) is 25.2 Å². The van der Waals surface area contributed by atoms with Crippen LogP contribution in [0.3, 0.4) is 0 Å². The van der Waals surface area contributed by atoms with E-state index in [1.165, 1.54) is 43.4 Å². The van der Waals surface area contributed by atoms with E-state index < -0.39 is 27.7 Å². The average molecular weight is 399 g/mol. The molecule has 0 amide bonds. The van der Waals surface area contributed by atoms with E-state index in [9.17, 15) is 26.0 Å². The van der Waals surface area contributed by atoms with Crippen LogP contribution in [0.4, 0.5) is 17.6 Å². The first kappa shape index (κ1) is 19.1. The summed E-state index contributed by atoms with van der Waals surface area (Å²) >= 11 is 0. The van der Waals surface area contributed by atoms with Gasteiger partial charge in [0.05, 0.1) is 16.3 Å². The van der Waals surface area contributed by atoms with Gasteiger partial charge in [0.25, 0.3) is 0 Å². The number of benzene rings is 2. The van der Waals surface area contributed by atoms with Crippen LogP contribution in [0.25, 0.3) is 16.9 Å². The first-order valence-electron chi connectivity index (χ1n) is 7.59. The van der Waals surface area contributed by atoms with E-state index in [0.717, 1.165) is 22.9 Å². The molecule has 142 valence electrons. The maximum absolute atomic E-state index is 13.1. The van der Waals surface area contributed by atoms with Crippen LogP contribution in [0.5, 0.6) is 0 Å². The highest BCUT2D eigenvalue weighted by Crippen LogP contribution is 2.33. The van der Waals surface area contributed by atoms with Crippen LogP contribution in [0, 0.1) is 5.82 Å². The maximum atomic E-state index is 13.1. The molecule has 5 nitrogen and oxygen atoms in total. The van der Waals surface area contributed by atoms with Crippen molar-refractivity contribution in [2.45, 2.75) is 11.1 Å². The van der Waals surface area contributed by atoms with Crippen molar-refractivity contribution >= 4 is 10.0 Å². The molecule has 0 saturated carbocycles. The Kier molecular flexibility index (Phi) is 4.79. The van der Waals surface area contributed by atoms with Crippen molar-refractivity contribution in [3.8, 4) is 16.9 Å². The van der Waals surface area contributed by atoms with Crippen molar-refractivity contribution in [3.05, 3.63) is 66.1 Å². The smallest absolute Gasteiger partial charge is 0.233 e. The van der Waals surface area contributed by atoms with Gasteiger partial charge in [-0.2, -0.15) is 18.3 Å². The van der Waals surface area contributed by atoms with Gasteiger partial charge >= 0.3 is 6.18 Å². The van der Waals surface area contributed by atoms with Crippen LogP contribution in [0.1, 0.15) is 5.69 Å². The molecule has 3 rings (SSSR count). The lowest BCUT2D eigenvalue weighted by atomic mass is 10.1. The Morgan fingerprint density at radius 3 is 2.11 bits per heavy atom. The first-order valence-corrected chi connectivity index (χ1v) is 9.07. The SMILES string of the molecule is CNS(=O)(=O)c1ccc(-n2nc(C(F)(F)F)cc2-c2ccc(F)cc2)cc1. The first-order chi connectivity index (χ1) is 12.6. The second-order valence-electron chi connectivity index (χ2n) is 5.53. The maximum Gasteiger partial charge on any atom is 0.435 e. The molecule has 0 fully saturated rings. The van der Waals surface area contributed by atoms with Gasteiger partial charge in [0.2, 0.25) is 10.0 Å². The predicted molar refractivity (Wildman–Crippen MR) is 90.2 cm³/mol. The summed E-state index contributed by atoms with van der Waals surface area (Å²) in [6.45, 7) is 0. The Bertz CT molecular complexity index is 1060. The van der Waals surface area contributed by atoms with E-state index in [0.29, 0.717) is 5.56 Å². The van der Waals surface area contributed by atoms with Gasteiger partial charge in [-0.15, -0.1) is 0 Å². The lowest BCUT2D eigenvalue weighted by Crippen LogP contribution is -2.18. The van der Waals surface area contributed by atoms with Crippen LogP contribution in [-0.2, 0) is 16.2 Å². The number of sulfonamides is 1. The van der Waals surface area contributed by atoms with Gasteiger partial charge in [0, 0.05) is 5.56 Å². The van der Waals surface area contributed by atoms with E-state index in [4.69, 9.17) is 0 Å². The van der Waals surface area contributed by atoms with E-state index >= 15 is 0 Å². The molecule has 0 aliphatic carbocycles. The molecule has 0 atom stereocenters. The van der Waals surface area contributed by atoms with E-state index in [1.807, 2.05) is 0 Å². The molecule has 27 heavy (non-hydrogen) atoms. The summed E-state index contributed by atoms with van der Waals surface area (Å²) in [4.78, 5) is -0.0414. The number of hydrogen-bond donors (Lipinski definition) is 1. The number of hydrogen-bond acceptors (Lipinski definition) is 3. The average Bonchev–Trinajstić information content (AvgIpc) is 3.08. The number of alkyl halides is 3. The Balaban J connectivity index is 2.14. The highest BCUT2D eigenvalue weighted by molar-refractivity contribution is 7.89. The molecule has 0 saturated heterocycles.